The van der Waals surface area contributed by atoms with Gasteiger partial charge >= 0.3 is 0 Å². The fourth-order valence-corrected chi connectivity index (χ4v) is 3.90. The van der Waals surface area contributed by atoms with Crippen LogP contribution in [-0.2, 0) is 24.4 Å². The Morgan fingerprint density at radius 1 is 1.00 bits per heavy atom. The first-order valence-corrected chi connectivity index (χ1v) is 9.64. The summed E-state index contributed by atoms with van der Waals surface area (Å²) in [6, 6.07) is 15.8. The third-order valence-corrected chi connectivity index (χ3v) is 5.54. The smallest absolute Gasteiger partial charge is 0.253 e. The van der Waals surface area contributed by atoms with Crippen LogP contribution in [0.25, 0.3) is 0 Å². The molecule has 2 N–H and O–H groups in total. The third kappa shape index (κ3) is 4.54. The normalized spacial score (nSPS) is 16.2. The van der Waals surface area contributed by atoms with Crippen LogP contribution in [0.15, 0.2) is 48.5 Å². The molecule has 5 nitrogen and oxygen atoms in total. The summed E-state index contributed by atoms with van der Waals surface area (Å²) >= 11 is 0. The molecule has 1 saturated heterocycles. The number of nitrogens with zero attached hydrogens (tertiary/aromatic N) is 1. The summed E-state index contributed by atoms with van der Waals surface area (Å²) in [5, 5.41) is 6.41. The second-order valence-electron chi connectivity index (χ2n) is 7.36. The average Bonchev–Trinajstić information content (AvgIpc) is 3.20. The summed E-state index contributed by atoms with van der Waals surface area (Å²) < 4.78 is 0. The van der Waals surface area contributed by atoms with E-state index in [-0.39, 0.29) is 30.1 Å². The number of benzene rings is 2. The number of amides is 2. The minimum atomic E-state index is -0.0130. The zero-order chi connectivity index (χ0) is 18.6. The summed E-state index contributed by atoms with van der Waals surface area (Å²) in [5.41, 5.74) is 4.53. The molecule has 0 spiro atoms. The lowest BCUT2D eigenvalue weighted by atomic mass is 9.95. The van der Waals surface area contributed by atoms with Crippen molar-refractivity contribution in [2.75, 3.05) is 13.1 Å². The molecule has 4 rings (SSSR count). The van der Waals surface area contributed by atoms with E-state index in [0.29, 0.717) is 25.2 Å². The van der Waals surface area contributed by atoms with Crippen molar-refractivity contribution >= 4 is 24.2 Å². The van der Waals surface area contributed by atoms with Gasteiger partial charge in [-0.15, -0.1) is 12.4 Å². The SMILES string of the molecule is Cl.O=C(NCc1ccc2c(c1)CNC2)C1CCN(C(=O)c2ccccc2)CC1. The van der Waals surface area contributed by atoms with Gasteiger partial charge in [0.05, 0.1) is 0 Å². The number of carbonyl (C=O) groups excluding carboxylic acids is 2. The number of rotatable bonds is 4. The highest BCUT2D eigenvalue weighted by Gasteiger charge is 2.27. The lowest BCUT2D eigenvalue weighted by molar-refractivity contribution is -0.126. The predicted octanol–water partition coefficient (Wildman–Crippen LogP) is 2.88. The molecule has 0 radical (unpaired) electrons. The molecule has 2 aliphatic heterocycles. The van der Waals surface area contributed by atoms with Crippen molar-refractivity contribution in [1.82, 2.24) is 15.5 Å². The van der Waals surface area contributed by atoms with Crippen molar-refractivity contribution in [2.45, 2.75) is 32.5 Å². The Bertz CT molecular complexity index is 833. The van der Waals surface area contributed by atoms with Crippen LogP contribution in [0.2, 0.25) is 0 Å². The second kappa shape index (κ2) is 9.22. The van der Waals surface area contributed by atoms with Crippen molar-refractivity contribution in [3.8, 4) is 0 Å². The minimum absolute atomic E-state index is 0. The molecule has 2 amide bonds. The Hall–Kier alpha value is -2.37. The third-order valence-electron chi connectivity index (χ3n) is 5.54. The Kier molecular flexibility index (Phi) is 6.70. The van der Waals surface area contributed by atoms with Gasteiger partial charge in [0.2, 0.25) is 5.91 Å². The number of fused-ring (bicyclic) bond motifs is 1. The fraction of sp³-hybridized carbons (Fsp3) is 0.364. The summed E-state index contributed by atoms with van der Waals surface area (Å²) in [4.78, 5) is 26.9. The molecule has 2 heterocycles. The summed E-state index contributed by atoms with van der Waals surface area (Å²) in [6.45, 7) is 3.68. The van der Waals surface area contributed by atoms with E-state index in [2.05, 4.69) is 28.8 Å². The lowest BCUT2D eigenvalue weighted by Crippen LogP contribution is -2.42. The fourth-order valence-electron chi connectivity index (χ4n) is 3.90. The molecule has 0 bridgehead atoms. The second-order valence-corrected chi connectivity index (χ2v) is 7.36. The van der Waals surface area contributed by atoms with E-state index in [0.717, 1.165) is 31.5 Å². The average molecular weight is 400 g/mol. The van der Waals surface area contributed by atoms with Gasteiger partial charge in [-0.25, -0.2) is 0 Å². The number of piperidine rings is 1. The Morgan fingerprint density at radius 2 is 1.71 bits per heavy atom. The van der Waals surface area contributed by atoms with Gasteiger partial charge in [-0.2, -0.15) is 0 Å². The molecular weight excluding hydrogens is 374 g/mol. The van der Waals surface area contributed by atoms with E-state index in [1.54, 1.807) is 0 Å². The molecule has 0 unspecified atom stereocenters. The number of halogens is 1. The molecule has 28 heavy (non-hydrogen) atoms. The molecule has 0 aromatic heterocycles. The van der Waals surface area contributed by atoms with Crippen molar-refractivity contribution in [1.29, 1.82) is 0 Å². The lowest BCUT2D eigenvalue weighted by Gasteiger charge is -2.31. The Balaban J connectivity index is 0.00000225. The molecule has 0 atom stereocenters. The van der Waals surface area contributed by atoms with Crippen molar-refractivity contribution < 1.29 is 9.59 Å². The number of hydrogen-bond acceptors (Lipinski definition) is 3. The van der Waals surface area contributed by atoms with E-state index >= 15 is 0 Å². The maximum Gasteiger partial charge on any atom is 0.253 e. The zero-order valence-corrected chi connectivity index (χ0v) is 16.6. The van der Waals surface area contributed by atoms with E-state index < -0.39 is 0 Å². The zero-order valence-electron chi connectivity index (χ0n) is 15.8. The predicted molar refractivity (Wildman–Crippen MR) is 111 cm³/mol. The Morgan fingerprint density at radius 3 is 2.46 bits per heavy atom. The quantitative estimate of drug-likeness (QED) is 0.831. The number of nitrogens with one attached hydrogen (secondary N) is 2. The van der Waals surface area contributed by atoms with Crippen LogP contribution in [0.1, 0.15) is 39.9 Å². The van der Waals surface area contributed by atoms with Crippen molar-refractivity contribution in [3.63, 3.8) is 0 Å². The summed E-state index contributed by atoms with van der Waals surface area (Å²) in [7, 11) is 0. The van der Waals surface area contributed by atoms with Crippen molar-refractivity contribution in [3.05, 3.63) is 70.8 Å². The van der Waals surface area contributed by atoms with Crippen LogP contribution in [0.4, 0.5) is 0 Å². The standard InChI is InChI=1S/C22H25N3O2.ClH/c26-21(24-13-16-6-7-19-14-23-15-20(19)12-16)17-8-10-25(11-9-17)22(27)18-4-2-1-3-5-18;/h1-7,12,17,23H,8-11,13-15H2,(H,24,26);1H. The summed E-state index contributed by atoms with van der Waals surface area (Å²) in [6.07, 6.45) is 1.44. The molecule has 2 aliphatic rings. The first kappa shape index (κ1) is 20.4. The van der Waals surface area contributed by atoms with Gasteiger partial charge in [0.1, 0.15) is 0 Å². The number of hydrogen-bond donors (Lipinski definition) is 2. The maximum atomic E-state index is 12.5. The molecule has 2 aromatic carbocycles. The number of likely N-dealkylation sites (tertiary alicyclic amines) is 1. The topological polar surface area (TPSA) is 61.4 Å². The van der Waals surface area contributed by atoms with Crippen LogP contribution in [0, 0.1) is 5.92 Å². The van der Waals surface area contributed by atoms with Gasteiger partial charge < -0.3 is 15.5 Å². The number of carbonyl (C=O) groups is 2. The molecule has 0 saturated carbocycles. The van der Waals surface area contributed by atoms with Gasteiger partial charge in [-0.05, 0) is 41.7 Å². The summed E-state index contributed by atoms with van der Waals surface area (Å²) in [5.74, 6) is 0.141. The molecule has 0 aliphatic carbocycles. The van der Waals surface area contributed by atoms with Gasteiger partial charge in [0.15, 0.2) is 0 Å². The highest BCUT2D eigenvalue weighted by molar-refractivity contribution is 5.94. The van der Waals surface area contributed by atoms with E-state index in [9.17, 15) is 9.59 Å². The van der Waals surface area contributed by atoms with E-state index in [1.807, 2.05) is 35.2 Å². The van der Waals surface area contributed by atoms with E-state index in [4.69, 9.17) is 0 Å². The van der Waals surface area contributed by atoms with E-state index in [1.165, 1.54) is 11.1 Å². The largest absolute Gasteiger partial charge is 0.352 e. The molecule has 148 valence electrons. The first-order valence-electron chi connectivity index (χ1n) is 9.64. The minimum Gasteiger partial charge on any atom is -0.352 e. The van der Waals surface area contributed by atoms with Gasteiger partial charge in [-0.1, -0.05) is 36.4 Å². The Labute approximate surface area is 171 Å². The van der Waals surface area contributed by atoms with Gasteiger partial charge in [-0.3, -0.25) is 9.59 Å². The van der Waals surface area contributed by atoms with Crippen LogP contribution < -0.4 is 10.6 Å². The molecule has 2 aromatic rings. The van der Waals surface area contributed by atoms with Crippen LogP contribution in [0.5, 0.6) is 0 Å². The van der Waals surface area contributed by atoms with Gasteiger partial charge in [0, 0.05) is 44.2 Å². The highest BCUT2D eigenvalue weighted by Crippen LogP contribution is 2.20. The van der Waals surface area contributed by atoms with Crippen molar-refractivity contribution in [2.24, 2.45) is 5.92 Å². The van der Waals surface area contributed by atoms with Crippen LogP contribution in [-0.4, -0.2) is 29.8 Å². The maximum absolute atomic E-state index is 12.5. The van der Waals surface area contributed by atoms with Crippen LogP contribution >= 0.6 is 12.4 Å². The molecule has 1 fully saturated rings. The molecule has 6 heteroatoms. The highest BCUT2D eigenvalue weighted by atomic mass is 35.5. The molecular formula is C22H26ClN3O2. The monoisotopic (exact) mass is 399 g/mol. The van der Waals surface area contributed by atoms with Gasteiger partial charge in [0.25, 0.3) is 5.91 Å². The van der Waals surface area contributed by atoms with Crippen LogP contribution in [0.3, 0.4) is 0 Å². The first-order chi connectivity index (χ1) is 13.2.